The van der Waals surface area contributed by atoms with Crippen LogP contribution in [0, 0.1) is 0 Å². The molecule has 0 bridgehead atoms. The lowest BCUT2D eigenvalue weighted by Gasteiger charge is -2.09. The number of hydrogen-bond donors (Lipinski definition) is 2. The van der Waals surface area contributed by atoms with Gasteiger partial charge in [0.2, 0.25) is 5.88 Å². The van der Waals surface area contributed by atoms with E-state index in [0.29, 0.717) is 23.9 Å². The Morgan fingerprint density at radius 3 is 2.38 bits per heavy atom. The molecule has 0 unspecified atom stereocenters. The minimum absolute atomic E-state index is 0. The molecule has 0 aliphatic carbocycles. The number of halogens is 2. The summed E-state index contributed by atoms with van der Waals surface area (Å²) in [4.78, 5) is 15.8. The summed E-state index contributed by atoms with van der Waals surface area (Å²) in [5.41, 5.74) is 0. The highest BCUT2D eigenvalue weighted by Gasteiger charge is 2.03. The lowest BCUT2D eigenvalue weighted by atomic mass is 10.3. The van der Waals surface area contributed by atoms with Gasteiger partial charge in [-0.1, -0.05) is 13.0 Å². The van der Waals surface area contributed by atoms with Crippen molar-refractivity contribution in [3.05, 3.63) is 48.7 Å². The lowest BCUT2D eigenvalue weighted by molar-refractivity contribution is -0.123. The molecule has 1 amide bonds. The third kappa shape index (κ3) is 9.46. The summed E-state index contributed by atoms with van der Waals surface area (Å²) in [6.45, 7) is 4.41. The molecule has 2 rings (SSSR count). The third-order valence-electron chi connectivity index (χ3n) is 3.10. The predicted octanol–water partition coefficient (Wildman–Crippen LogP) is 3.21. The summed E-state index contributed by atoms with van der Waals surface area (Å²) < 4.78 is 11.0. The van der Waals surface area contributed by atoms with Crippen molar-refractivity contribution in [3.8, 4) is 17.4 Å². The third-order valence-corrected chi connectivity index (χ3v) is 3.10. The van der Waals surface area contributed by atoms with Crippen LogP contribution >= 0.6 is 24.8 Å². The first-order valence-electron chi connectivity index (χ1n) is 8.07. The van der Waals surface area contributed by atoms with Crippen LogP contribution < -0.4 is 20.1 Å². The molecule has 1 aromatic carbocycles. The first-order chi connectivity index (χ1) is 11.8. The second-order valence-electron chi connectivity index (χ2n) is 5.13. The van der Waals surface area contributed by atoms with Gasteiger partial charge in [0.1, 0.15) is 11.5 Å². The monoisotopic (exact) mass is 401 g/mol. The van der Waals surface area contributed by atoms with Crippen LogP contribution in [0.1, 0.15) is 13.3 Å². The predicted molar refractivity (Wildman–Crippen MR) is 107 cm³/mol. The standard InChI is InChI=1S/C18H23N3O3.2ClH/c1-2-10-19-12-13-20-17(22)14-23-15-6-8-16(9-7-15)24-18-5-3-4-11-21-18;;/h3-9,11,19H,2,10,12-14H2,1H3,(H,20,22);2*1H. The molecule has 2 N–H and O–H groups in total. The molecule has 0 atom stereocenters. The van der Waals surface area contributed by atoms with Gasteiger partial charge in [-0.3, -0.25) is 4.79 Å². The van der Waals surface area contributed by atoms with Crippen LogP contribution in [0.5, 0.6) is 17.4 Å². The zero-order valence-corrected chi connectivity index (χ0v) is 16.3. The number of rotatable bonds is 10. The van der Waals surface area contributed by atoms with Crippen LogP contribution in [-0.2, 0) is 4.79 Å². The average Bonchev–Trinajstić information content (AvgIpc) is 2.62. The van der Waals surface area contributed by atoms with Crippen molar-refractivity contribution in [2.24, 2.45) is 0 Å². The molecular weight excluding hydrogens is 377 g/mol. The number of nitrogens with zero attached hydrogens (tertiary/aromatic N) is 1. The zero-order valence-electron chi connectivity index (χ0n) is 14.6. The molecule has 1 aromatic heterocycles. The molecule has 0 saturated carbocycles. The van der Waals surface area contributed by atoms with E-state index in [1.807, 2.05) is 12.1 Å². The van der Waals surface area contributed by atoms with E-state index in [0.717, 1.165) is 19.5 Å². The summed E-state index contributed by atoms with van der Waals surface area (Å²) >= 11 is 0. The molecule has 8 heteroatoms. The fraction of sp³-hybridized carbons (Fsp3) is 0.333. The Hall–Kier alpha value is -2.02. The van der Waals surface area contributed by atoms with Crippen molar-refractivity contribution >= 4 is 30.7 Å². The van der Waals surface area contributed by atoms with E-state index in [4.69, 9.17) is 9.47 Å². The Balaban J connectivity index is 0.00000312. The topological polar surface area (TPSA) is 72.5 Å². The second kappa shape index (κ2) is 14.2. The molecule has 0 aliphatic rings. The van der Waals surface area contributed by atoms with Gasteiger partial charge in [0.15, 0.2) is 6.61 Å². The van der Waals surface area contributed by atoms with Gasteiger partial charge in [-0.15, -0.1) is 24.8 Å². The summed E-state index contributed by atoms with van der Waals surface area (Å²) in [6, 6.07) is 12.5. The molecule has 26 heavy (non-hydrogen) atoms. The Bertz CT molecular complexity index is 613. The van der Waals surface area contributed by atoms with E-state index >= 15 is 0 Å². The fourth-order valence-corrected chi connectivity index (χ4v) is 1.92. The maximum Gasteiger partial charge on any atom is 0.257 e. The molecule has 0 fully saturated rings. The van der Waals surface area contributed by atoms with E-state index in [1.54, 1.807) is 36.5 Å². The highest BCUT2D eigenvalue weighted by Crippen LogP contribution is 2.22. The first-order valence-corrected chi connectivity index (χ1v) is 8.07. The molecule has 0 aliphatic heterocycles. The van der Waals surface area contributed by atoms with Gasteiger partial charge in [-0.2, -0.15) is 0 Å². The lowest BCUT2D eigenvalue weighted by Crippen LogP contribution is -2.34. The summed E-state index contributed by atoms with van der Waals surface area (Å²) in [6.07, 6.45) is 2.75. The summed E-state index contributed by atoms with van der Waals surface area (Å²) in [7, 11) is 0. The molecule has 0 radical (unpaired) electrons. The molecule has 2 aromatic rings. The number of hydrogen-bond acceptors (Lipinski definition) is 5. The quantitative estimate of drug-likeness (QED) is 0.597. The largest absolute Gasteiger partial charge is 0.484 e. The SMILES string of the molecule is CCCNCCNC(=O)COc1ccc(Oc2ccccn2)cc1.Cl.Cl. The van der Waals surface area contributed by atoms with Gasteiger partial charge in [0.05, 0.1) is 0 Å². The van der Waals surface area contributed by atoms with Gasteiger partial charge in [-0.25, -0.2) is 4.98 Å². The van der Waals surface area contributed by atoms with Crippen LogP contribution in [0.2, 0.25) is 0 Å². The Morgan fingerprint density at radius 1 is 1.00 bits per heavy atom. The van der Waals surface area contributed by atoms with E-state index in [9.17, 15) is 4.79 Å². The molecule has 0 saturated heterocycles. The number of carbonyl (C=O) groups is 1. The number of amides is 1. The van der Waals surface area contributed by atoms with Crippen molar-refractivity contribution < 1.29 is 14.3 Å². The zero-order chi connectivity index (χ0) is 17.0. The van der Waals surface area contributed by atoms with Crippen LogP contribution in [0.15, 0.2) is 48.7 Å². The summed E-state index contributed by atoms with van der Waals surface area (Å²) in [5.74, 6) is 1.67. The minimum atomic E-state index is -0.137. The Labute approximate surface area is 166 Å². The van der Waals surface area contributed by atoms with E-state index < -0.39 is 0 Å². The van der Waals surface area contributed by atoms with Crippen LogP contribution in [-0.4, -0.2) is 37.1 Å². The first kappa shape index (κ1) is 24.0. The van der Waals surface area contributed by atoms with Crippen molar-refractivity contribution in [3.63, 3.8) is 0 Å². The summed E-state index contributed by atoms with van der Waals surface area (Å²) in [5, 5.41) is 6.01. The highest BCUT2D eigenvalue weighted by molar-refractivity contribution is 5.85. The maximum atomic E-state index is 11.7. The van der Waals surface area contributed by atoms with Gasteiger partial charge in [0, 0.05) is 25.4 Å². The number of pyridine rings is 1. The smallest absolute Gasteiger partial charge is 0.257 e. The maximum absolute atomic E-state index is 11.7. The van der Waals surface area contributed by atoms with Crippen molar-refractivity contribution in [1.82, 2.24) is 15.6 Å². The number of ether oxygens (including phenoxy) is 2. The van der Waals surface area contributed by atoms with Crippen LogP contribution in [0.25, 0.3) is 0 Å². The van der Waals surface area contributed by atoms with Crippen LogP contribution in [0.4, 0.5) is 0 Å². The Morgan fingerprint density at radius 2 is 1.73 bits per heavy atom. The number of benzene rings is 1. The minimum Gasteiger partial charge on any atom is -0.484 e. The fourth-order valence-electron chi connectivity index (χ4n) is 1.92. The Kier molecular flexibility index (Phi) is 13.1. The van der Waals surface area contributed by atoms with Crippen molar-refractivity contribution in [2.75, 3.05) is 26.2 Å². The molecule has 0 spiro atoms. The van der Waals surface area contributed by atoms with E-state index in [2.05, 4.69) is 22.5 Å². The number of nitrogens with one attached hydrogen (secondary N) is 2. The van der Waals surface area contributed by atoms with Crippen molar-refractivity contribution in [1.29, 1.82) is 0 Å². The normalized spacial score (nSPS) is 9.42. The molecule has 144 valence electrons. The average molecular weight is 402 g/mol. The van der Waals surface area contributed by atoms with Gasteiger partial charge in [0.25, 0.3) is 5.91 Å². The molecular formula is C18H25Cl2N3O3. The van der Waals surface area contributed by atoms with Crippen molar-refractivity contribution in [2.45, 2.75) is 13.3 Å². The van der Waals surface area contributed by atoms with E-state index in [-0.39, 0.29) is 37.3 Å². The molecule has 6 nitrogen and oxygen atoms in total. The van der Waals surface area contributed by atoms with Gasteiger partial charge in [-0.05, 0) is 43.3 Å². The number of aromatic nitrogens is 1. The molecule has 1 heterocycles. The van der Waals surface area contributed by atoms with Crippen LogP contribution in [0.3, 0.4) is 0 Å². The second-order valence-corrected chi connectivity index (χ2v) is 5.13. The van der Waals surface area contributed by atoms with E-state index in [1.165, 1.54) is 0 Å². The van der Waals surface area contributed by atoms with Gasteiger partial charge < -0.3 is 20.1 Å². The highest BCUT2D eigenvalue weighted by atomic mass is 35.5. The number of carbonyl (C=O) groups excluding carboxylic acids is 1. The van der Waals surface area contributed by atoms with Gasteiger partial charge >= 0.3 is 0 Å².